The van der Waals surface area contributed by atoms with Crippen LogP contribution in [0.25, 0.3) is 28.7 Å². The van der Waals surface area contributed by atoms with Crippen molar-refractivity contribution >= 4 is 23.8 Å². The van der Waals surface area contributed by atoms with Gasteiger partial charge in [-0.25, -0.2) is 14.3 Å². The molecule has 0 spiro atoms. The molecule has 0 saturated carbocycles. The quantitative estimate of drug-likeness (QED) is 0.0981. The molecule has 0 aliphatic rings. The van der Waals surface area contributed by atoms with E-state index < -0.39 is 17.7 Å². The van der Waals surface area contributed by atoms with Crippen LogP contribution in [0.1, 0.15) is 48.0 Å². The number of rotatable bonds is 8. The Balaban J connectivity index is 1.60. The van der Waals surface area contributed by atoms with Crippen LogP contribution in [0.4, 0.5) is 0 Å². The van der Waals surface area contributed by atoms with E-state index in [4.69, 9.17) is 14.6 Å². The monoisotopic (exact) mass is 585 g/mol. The molecule has 0 aliphatic carbocycles. The molecular weight excluding hydrogens is 558 g/mol. The molecule has 0 amide bonds. The summed E-state index contributed by atoms with van der Waals surface area (Å²) in [5.41, 5.74) is 4.74. The number of hydrogen-bond acceptors (Lipinski definition) is 8. The highest BCUT2D eigenvalue weighted by Crippen LogP contribution is 2.28. The number of nitrogens with zero attached hydrogens (tertiary/aromatic N) is 5. The van der Waals surface area contributed by atoms with Gasteiger partial charge in [0.1, 0.15) is 17.3 Å². The molecule has 0 N–H and O–H groups in total. The van der Waals surface area contributed by atoms with E-state index in [2.05, 4.69) is 11.1 Å². The van der Waals surface area contributed by atoms with Crippen LogP contribution in [0.15, 0.2) is 90.9 Å². The van der Waals surface area contributed by atoms with Crippen LogP contribution in [-0.4, -0.2) is 51.3 Å². The average Bonchev–Trinajstić information content (AvgIpc) is 3.62. The summed E-state index contributed by atoms with van der Waals surface area (Å²) < 4.78 is 13.1. The number of ketones is 1. The van der Waals surface area contributed by atoms with Gasteiger partial charge in [-0.2, -0.15) is 10.4 Å². The van der Waals surface area contributed by atoms with E-state index in [0.717, 1.165) is 11.3 Å². The third-order valence-electron chi connectivity index (χ3n) is 7.06. The van der Waals surface area contributed by atoms with Crippen molar-refractivity contribution in [2.24, 2.45) is 0 Å². The molecule has 0 radical (unpaired) electrons. The number of para-hydroxylation sites is 1. The highest BCUT2D eigenvalue weighted by molar-refractivity contribution is 6.15. The Kier molecular flexibility index (Phi) is 8.31. The van der Waals surface area contributed by atoms with E-state index in [0.29, 0.717) is 28.3 Å². The summed E-state index contributed by atoms with van der Waals surface area (Å²) in [5.74, 6) is -1.76. The van der Waals surface area contributed by atoms with Gasteiger partial charge in [0, 0.05) is 52.4 Å². The molecule has 5 aromatic rings. The lowest BCUT2D eigenvalue weighted by atomic mass is 10.0. The molecule has 3 heterocycles. The smallest absolute Gasteiger partial charge is 0.337 e. The summed E-state index contributed by atoms with van der Waals surface area (Å²) in [4.78, 5) is 42.8. The summed E-state index contributed by atoms with van der Waals surface area (Å²) in [5, 5.41) is 14.9. The average molecular weight is 586 g/mol. The van der Waals surface area contributed by atoms with Crippen molar-refractivity contribution in [1.82, 2.24) is 19.3 Å². The van der Waals surface area contributed by atoms with Crippen molar-refractivity contribution < 1.29 is 23.9 Å². The second-order valence-electron chi connectivity index (χ2n) is 9.83. The summed E-state index contributed by atoms with van der Waals surface area (Å²) in [6.45, 7) is 3.51. The Morgan fingerprint density at radius 3 is 2.16 bits per heavy atom. The number of methoxy groups -OCH3 is 2. The minimum Gasteiger partial charge on any atom is -0.465 e. The number of ether oxygens (including phenoxy) is 2. The lowest BCUT2D eigenvalue weighted by Gasteiger charge is -2.13. The fourth-order valence-corrected chi connectivity index (χ4v) is 4.98. The number of hydrogen-bond donors (Lipinski definition) is 0. The van der Waals surface area contributed by atoms with Crippen LogP contribution in [-0.2, 0) is 9.47 Å². The first-order valence-electron chi connectivity index (χ1n) is 13.5. The van der Waals surface area contributed by atoms with E-state index in [1.807, 2.05) is 36.4 Å². The molecule has 5 rings (SSSR count). The summed E-state index contributed by atoms with van der Waals surface area (Å²) >= 11 is 0. The molecule has 0 atom stereocenters. The van der Waals surface area contributed by atoms with Gasteiger partial charge >= 0.3 is 11.9 Å². The number of carbonyl (C=O) groups is 3. The van der Waals surface area contributed by atoms with Crippen LogP contribution >= 0.6 is 0 Å². The van der Waals surface area contributed by atoms with E-state index in [-0.39, 0.29) is 22.3 Å². The molecule has 2 aromatic carbocycles. The Hall–Kier alpha value is -6.08. The molecule has 0 saturated heterocycles. The number of Topliss-reactive ketones (excluding diaryl/α,β-unsaturated/α-hetero) is 1. The van der Waals surface area contributed by atoms with Crippen LogP contribution in [0.2, 0.25) is 0 Å². The van der Waals surface area contributed by atoms with Crippen molar-refractivity contribution in [3.8, 4) is 28.7 Å². The number of benzene rings is 2. The number of carbonyl (C=O) groups excluding carboxylic acids is 3. The minimum atomic E-state index is -0.633. The fraction of sp³-hybridized carbons (Fsp3) is 0.118. The number of esters is 2. The van der Waals surface area contributed by atoms with Gasteiger partial charge in [0.2, 0.25) is 5.78 Å². The number of aryl methyl sites for hydroxylation is 1. The van der Waals surface area contributed by atoms with Crippen molar-refractivity contribution in [3.63, 3.8) is 0 Å². The highest BCUT2D eigenvalue weighted by atomic mass is 16.5. The first-order valence-corrected chi connectivity index (χ1v) is 13.5. The largest absolute Gasteiger partial charge is 0.465 e. The number of allylic oxidation sites excluding steroid dienone is 1. The first-order chi connectivity index (χ1) is 21.2. The van der Waals surface area contributed by atoms with E-state index in [1.54, 1.807) is 66.0 Å². The number of aromatic nitrogens is 4. The summed E-state index contributed by atoms with van der Waals surface area (Å²) in [7, 11) is 2.49. The van der Waals surface area contributed by atoms with Crippen LogP contribution in [0, 0.1) is 25.2 Å². The summed E-state index contributed by atoms with van der Waals surface area (Å²) in [6, 6.07) is 21.4. The van der Waals surface area contributed by atoms with Gasteiger partial charge in [0.25, 0.3) is 0 Å². The third kappa shape index (κ3) is 5.67. The second-order valence-corrected chi connectivity index (χ2v) is 9.83. The van der Waals surface area contributed by atoms with Crippen LogP contribution < -0.4 is 0 Å². The highest BCUT2D eigenvalue weighted by Gasteiger charge is 2.23. The maximum atomic E-state index is 13.9. The van der Waals surface area contributed by atoms with Gasteiger partial charge in [-0.15, -0.1) is 0 Å². The van der Waals surface area contributed by atoms with E-state index in [9.17, 15) is 19.6 Å². The lowest BCUT2D eigenvalue weighted by Crippen LogP contribution is -2.10. The molecule has 10 heteroatoms. The lowest BCUT2D eigenvalue weighted by molar-refractivity contribution is 0.0599. The van der Waals surface area contributed by atoms with Crippen molar-refractivity contribution in [2.75, 3.05) is 14.2 Å². The Morgan fingerprint density at radius 2 is 1.57 bits per heavy atom. The van der Waals surface area contributed by atoms with Gasteiger partial charge in [-0.1, -0.05) is 18.2 Å². The maximum Gasteiger partial charge on any atom is 0.337 e. The fourth-order valence-electron chi connectivity index (χ4n) is 4.98. The zero-order valence-electron chi connectivity index (χ0n) is 24.4. The predicted molar refractivity (Wildman–Crippen MR) is 163 cm³/mol. The molecule has 10 nitrogen and oxygen atoms in total. The standard InChI is InChI=1S/C34H27N5O5/c1-21-13-30(22(2)39(21)29-16-24(33(41)43-3)14-25(17-29)34(42)44-4)32(40)26(18-35)15-27-20-38(28-10-6-5-7-11-28)37-31(27)23-9-8-12-36-19-23/h5-17,19-20H,1-4H3/b26-15-. The van der Waals surface area contributed by atoms with Gasteiger partial charge in [-0.3, -0.25) is 9.78 Å². The first kappa shape index (κ1) is 29.4. The number of nitriles is 1. The van der Waals surface area contributed by atoms with Gasteiger partial charge in [-0.05, 0) is 68.5 Å². The molecule has 3 aromatic heterocycles. The second kappa shape index (κ2) is 12.4. The zero-order valence-corrected chi connectivity index (χ0v) is 24.4. The molecule has 0 aliphatic heterocycles. The van der Waals surface area contributed by atoms with Crippen LogP contribution in [0.3, 0.4) is 0 Å². The Morgan fingerprint density at radius 1 is 0.886 bits per heavy atom. The molecule has 0 bridgehead atoms. The maximum absolute atomic E-state index is 13.9. The number of pyridine rings is 1. The third-order valence-corrected chi connectivity index (χ3v) is 7.06. The zero-order chi connectivity index (χ0) is 31.4. The summed E-state index contributed by atoms with van der Waals surface area (Å²) in [6.07, 6.45) is 6.61. The molecular formula is C34H27N5O5. The van der Waals surface area contributed by atoms with Gasteiger partial charge in [0.05, 0.1) is 31.0 Å². The van der Waals surface area contributed by atoms with Crippen molar-refractivity contribution in [1.29, 1.82) is 5.26 Å². The minimum absolute atomic E-state index is 0.0958. The normalized spacial score (nSPS) is 11.1. The Labute approximate surface area is 253 Å². The molecule has 218 valence electrons. The van der Waals surface area contributed by atoms with Gasteiger partial charge in [0.15, 0.2) is 0 Å². The Bertz CT molecular complexity index is 1930. The van der Waals surface area contributed by atoms with Crippen LogP contribution in [0.5, 0.6) is 0 Å². The predicted octanol–water partition coefficient (Wildman–Crippen LogP) is 5.70. The van der Waals surface area contributed by atoms with E-state index >= 15 is 0 Å². The topological polar surface area (TPSA) is 129 Å². The van der Waals surface area contributed by atoms with Crippen molar-refractivity contribution in [3.05, 3.63) is 125 Å². The SMILES string of the molecule is COC(=O)c1cc(C(=O)OC)cc(-n2c(C)cc(C(=O)/C(C#N)=C\c3cn(-c4ccccc4)nc3-c3cccnc3)c2C)c1. The van der Waals surface area contributed by atoms with Gasteiger partial charge < -0.3 is 14.0 Å². The molecule has 0 unspecified atom stereocenters. The van der Waals surface area contributed by atoms with Crippen molar-refractivity contribution in [2.45, 2.75) is 13.8 Å². The molecule has 0 fully saturated rings. The van der Waals surface area contributed by atoms with E-state index in [1.165, 1.54) is 26.4 Å². The molecule has 44 heavy (non-hydrogen) atoms.